The molecule has 1 saturated heterocycles. The van der Waals surface area contributed by atoms with Crippen LogP contribution in [0.5, 0.6) is 0 Å². The SMILES string of the molecule is CN(C)C(=O)[C@@H]1CCCN1c1nc2c(c(Nc3cc(C(C)(C)C)[nH]n3)n1)CCC2. The van der Waals surface area contributed by atoms with Gasteiger partial charge < -0.3 is 15.1 Å². The molecular formula is C21H31N7O. The zero-order chi connectivity index (χ0) is 20.8. The van der Waals surface area contributed by atoms with E-state index in [1.807, 2.05) is 6.07 Å². The van der Waals surface area contributed by atoms with E-state index in [9.17, 15) is 4.79 Å². The van der Waals surface area contributed by atoms with Crippen molar-refractivity contribution in [1.29, 1.82) is 0 Å². The van der Waals surface area contributed by atoms with E-state index < -0.39 is 0 Å². The number of fused-ring (bicyclic) bond motifs is 1. The summed E-state index contributed by atoms with van der Waals surface area (Å²) in [4.78, 5) is 26.1. The maximum Gasteiger partial charge on any atom is 0.244 e. The van der Waals surface area contributed by atoms with E-state index in [2.05, 4.69) is 41.2 Å². The van der Waals surface area contributed by atoms with Gasteiger partial charge in [-0.15, -0.1) is 0 Å². The number of likely N-dealkylation sites (N-methyl/N-ethyl adjacent to an activating group) is 1. The zero-order valence-corrected chi connectivity index (χ0v) is 18.0. The number of aryl methyl sites for hydroxylation is 1. The number of nitrogens with one attached hydrogen (secondary N) is 2. The zero-order valence-electron chi connectivity index (χ0n) is 18.0. The molecule has 2 aromatic heterocycles. The Balaban J connectivity index is 1.66. The molecule has 3 heterocycles. The summed E-state index contributed by atoms with van der Waals surface area (Å²) in [6.07, 6.45) is 4.81. The molecule has 29 heavy (non-hydrogen) atoms. The first kappa shape index (κ1) is 19.7. The molecule has 2 N–H and O–H groups in total. The maximum atomic E-state index is 12.6. The molecule has 8 heteroatoms. The summed E-state index contributed by atoms with van der Waals surface area (Å²) >= 11 is 0. The molecule has 0 saturated carbocycles. The van der Waals surface area contributed by atoms with Crippen LogP contribution in [0.3, 0.4) is 0 Å². The summed E-state index contributed by atoms with van der Waals surface area (Å²) in [5.74, 6) is 2.34. The molecule has 0 radical (unpaired) electrons. The lowest BCUT2D eigenvalue weighted by molar-refractivity contribution is -0.129. The summed E-state index contributed by atoms with van der Waals surface area (Å²) in [6.45, 7) is 7.26. The molecule has 1 aliphatic heterocycles. The van der Waals surface area contributed by atoms with E-state index >= 15 is 0 Å². The highest BCUT2D eigenvalue weighted by Gasteiger charge is 2.34. The van der Waals surface area contributed by atoms with Gasteiger partial charge >= 0.3 is 0 Å². The van der Waals surface area contributed by atoms with E-state index in [1.165, 1.54) is 5.56 Å². The van der Waals surface area contributed by atoms with Crippen molar-refractivity contribution in [1.82, 2.24) is 25.1 Å². The number of carbonyl (C=O) groups excluding carboxylic acids is 1. The predicted molar refractivity (Wildman–Crippen MR) is 114 cm³/mol. The van der Waals surface area contributed by atoms with Crippen molar-refractivity contribution < 1.29 is 4.79 Å². The van der Waals surface area contributed by atoms with Gasteiger partial charge in [0, 0.05) is 43.4 Å². The van der Waals surface area contributed by atoms with Crippen LogP contribution >= 0.6 is 0 Å². The maximum absolute atomic E-state index is 12.6. The molecule has 156 valence electrons. The average molecular weight is 398 g/mol. The summed E-state index contributed by atoms with van der Waals surface area (Å²) in [5.41, 5.74) is 3.33. The van der Waals surface area contributed by atoms with Crippen LogP contribution in [-0.2, 0) is 23.1 Å². The van der Waals surface area contributed by atoms with E-state index in [0.717, 1.165) is 61.7 Å². The van der Waals surface area contributed by atoms with Crippen molar-refractivity contribution >= 4 is 23.5 Å². The molecular weight excluding hydrogens is 366 g/mol. The first-order valence-corrected chi connectivity index (χ1v) is 10.4. The molecule has 0 bridgehead atoms. The van der Waals surface area contributed by atoms with Crippen molar-refractivity contribution in [2.75, 3.05) is 30.9 Å². The number of hydrogen-bond donors (Lipinski definition) is 2. The van der Waals surface area contributed by atoms with Crippen molar-refractivity contribution in [2.45, 2.75) is 64.3 Å². The summed E-state index contributed by atoms with van der Waals surface area (Å²) in [6, 6.07) is 1.85. The Bertz CT molecular complexity index is 912. The van der Waals surface area contributed by atoms with Crippen LogP contribution in [0, 0.1) is 0 Å². The highest BCUT2D eigenvalue weighted by atomic mass is 16.2. The minimum atomic E-state index is -0.185. The lowest BCUT2D eigenvalue weighted by Crippen LogP contribution is -2.43. The highest BCUT2D eigenvalue weighted by molar-refractivity contribution is 5.85. The molecule has 0 unspecified atom stereocenters. The van der Waals surface area contributed by atoms with Gasteiger partial charge in [-0.3, -0.25) is 9.89 Å². The van der Waals surface area contributed by atoms with Crippen LogP contribution in [0.15, 0.2) is 6.07 Å². The number of amides is 1. The van der Waals surface area contributed by atoms with Crippen LogP contribution in [0.1, 0.15) is 57.0 Å². The van der Waals surface area contributed by atoms with Crippen LogP contribution in [-0.4, -0.2) is 57.7 Å². The lowest BCUT2D eigenvalue weighted by Gasteiger charge is -2.27. The van der Waals surface area contributed by atoms with Gasteiger partial charge in [0.15, 0.2) is 5.82 Å². The average Bonchev–Trinajstić information content (AvgIpc) is 3.39. The molecule has 8 nitrogen and oxygen atoms in total. The molecule has 0 spiro atoms. The Labute approximate surface area is 172 Å². The largest absolute Gasteiger partial charge is 0.347 e. The van der Waals surface area contributed by atoms with Crippen molar-refractivity contribution in [3.8, 4) is 0 Å². The Hall–Kier alpha value is -2.64. The second-order valence-corrected chi connectivity index (χ2v) is 9.28. The van der Waals surface area contributed by atoms with Gasteiger partial charge in [0.05, 0.1) is 5.69 Å². The number of rotatable bonds is 4. The Morgan fingerprint density at radius 1 is 1.24 bits per heavy atom. The second kappa shape index (κ2) is 7.31. The third-order valence-electron chi connectivity index (χ3n) is 5.79. The van der Waals surface area contributed by atoms with Gasteiger partial charge in [0.2, 0.25) is 11.9 Å². The monoisotopic (exact) mass is 397 g/mol. The van der Waals surface area contributed by atoms with Gasteiger partial charge in [-0.1, -0.05) is 20.8 Å². The third-order valence-corrected chi connectivity index (χ3v) is 5.79. The summed E-state index contributed by atoms with van der Waals surface area (Å²) in [7, 11) is 3.61. The lowest BCUT2D eigenvalue weighted by atomic mass is 9.92. The van der Waals surface area contributed by atoms with Gasteiger partial charge in [-0.2, -0.15) is 10.1 Å². The first-order valence-electron chi connectivity index (χ1n) is 10.4. The van der Waals surface area contributed by atoms with Crippen LogP contribution in [0.25, 0.3) is 0 Å². The Kier molecular flexibility index (Phi) is 4.96. The van der Waals surface area contributed by atoms with E-state index in [0.29, 0.717) is 5.95 Å². The molecule has 1 amide bonds. The quantitative estimate of drug-likeness (QED) is 0.825. The minimum Gasteiger partial charge on any atom is -0.347 e. The number of anilines is 3. The van der Waals surface area contributed by atoms with Crippen molar-refractivity contribution in [3.05, 3.63) is 23.0 Å². The van der Waals surface area contributed by atoms with Crippen LogP contribution < -0.4 is 10.2 Å². The van der Waals surface area contributed by atoms with Gasteiger partial charge in [-0.05, 0) is 32.1 Å². The normalized spacial score (nSPS) is 18.8. The Morgan fingerprint density at radius 3 is 2.72 bits per heavy atom. The van der Waals surface area contributed by atoms with Crippen LogP contribution in [0.4, 0.5) is 17.6 Å². The van der Waals surface area contributed by atoms with Gasteiger partial charge in [0.1, 0.15) is 11.9 Å². The fourth-order valence-corrected chi connectivity index (χ4v) is 4.10. The van der Waals surface area contributed by atoms with E-state index in [-0.39, 0.29) is 17.4 Å². The molecule has 1 fully saturated rings. The molecule has 0 aromatic carbocycles. The van der Waals surface area contributed by atoms with Gasteiger partial charge in [-0.25, -0.2) is 4.98 Å². The van der Waals surface area contributed by atoms with E-state index in [4.69, 9.17) is 9.97 Å². The third kappa shape index (κ3) is 3.80. The summed E-state index contributed by atoms with van der Waals surface area (Å²) in [5, 5.41) is 11.0. The highest BCUT2D eigenvalue weighted by Crippen LogP contribution is 2.33. The molecule has 1 atom stereocenters. The fourth-order valence-electron chi connectivity index (χ4n) is 4.10. The van der Waals surface area contributed by atoms with Gasteiger partial charge in [0.25, 0.3) is 0 Å². The number of carbonyl (C=O) groups is 1. The Morgan fingerprint density at radius 2 is 2.03 bits per heavy atom. The first-order chi connectivity index (χ1) is 13.7. The predicted octanol–water partition coefficient (Wildman–Crippen LogP) is 2.79. The summed E-state index contributed by atoms with van der Waals surface area (Å²) < 4.78 is 0. The van der Waals surface area contributed by atoms with E-state index in [1.54, 1.807) is 19.0 Å². The molecule has 1 aliphatic carbocycles. The number of H-pyrrole nitrogens is 1. The smallest absolute Gasteiger partial charge is 0.244 e. The van der Waals surface area contributed by atoms with Crippen molar-refractivity contribution in [2.24, 2.45) is 0 Å². The number of aromatic amines is 1. The fraction of sp³-hybridized carbons (Fsp3) is 0.619. The van der Waals surface area contributed by atoms with Crippen LogP contribution in [0.2, 0.25) is 0 Å². The number of aromatic nitrogens is 4. The number of hydrogen-bond acceptors (Lipinski definition) is 6. The molecule has 2 aromatic rings. The number of nitrogens with zero attached hydrogens (tertiary/aromatic N) is 5. The standard InChI is InChI=1S/C21H31N7O/c1-21(2,3)16-12-17(26-25-16)23-18-13-8-6-9-14(13)22-20(24-18)28-11-7-10-15(28)19(29)27(4)5/h12,15H,6-11H2,1-5H3,(H2,22,23,24,25,26)/t15-/m0/s1. The second-order valence-electron chi connectivity index (χ2n) is 9.28. The van der Waals surface area contributed by atoms with Crippen molar-refractivity contribution in [3.63, 3.8) is 0 Å². The minimum absolute atomic E-state index is 0.00101. The molecule has 2 aliphatic rings. The topological polar surface area (TPSA) is 90.0 Å². The molecule has 4 rings (SSSR count).